The number of nitriles is 1. The lowest BCUT2D eigenvalue weighted by molar-refractivity contribution is 0.0501. The minimum atomic E-state index is -0.708. The highest BCUT2D eigenvalue weighted by Gasteiger charge is 2.37. The van der Waals surface area contributed by atoms with E-state index in [0.717, 1.165) is 18.9 Å². The molecule has 1 aliphatic carbocycles. The van der Waals surface area contributed by atoms with Gasteiger partial charge >= 0.3 is 6.09 Å². The number of amides is 1. The zero-order chi connectivity index (χ0) is 24.3. The number of nitrogens with one attached hydrogen (secondary N) is 3. The number of hydrogen-bond acceptors (Lipinski definition) is 7. The van der Waals surface area contributed by atoms with Crippen LogP contribution in [0, 0.1) is 35.8 Å². The van der Waals surface area contributed by atoms with Gasteiger partial charge in [0.1, 0.15) is 17.5 Å². The summed E-state index contributed by atoms with van der Waals surface area (Å²) in [5, 5.41) is 18.1. The lowest BCUT2D eigenvalue weighted by Gasteiger charge is -2.28. The van der Waals surface area contributed by atoms with Crippen LogP contribution in [0.5, 0.6) is 0 Å². The van der Waals surface area contributed by atoms with Crippen molar-refractivity contribution >= 4 is 23.4 Å². The summed E-state index contributed by atoms with van der Waals surface area (Å²) < 4.78 is 34.0. The first-order chi connectivity index (χ1) is 15.5. The topological polar surface area (TPSA) is 112 Å². The molecule has 0 aliphatic heterocycles. The molecule has 0 spiro atoms. The Balaban J connectivity index is 1.82. The number of nitrogens with zero attached hydrogens (tertiary/aromatic N) is 3. The van der Waals surface area contributed by atoms with Gasteiger partial charge in [-0.3, -0.25) is 4.98 Å². The molecule has 33 heavy (non-hydrogen) atoms. The van der Waals surface area contributed by atoms with Gasteiger partial charge in [-0.25, -0.2) is 18.6 Å². The molecule has 1 fully saturated rings. The van der Waals surface area contributed by atoms with Crippen LogP contribution in [0.25, 0.3) is 0 Å². The summed E-state index contributed by atoms with van der Waals surface area (Å²) >= 11 is 0. The van der Waals surface area contributed by atoms with Crippen molar-refractivity contribution < 1.29 is 18.3 Å². The van der Waals surface area contributed by atoms with Crippen LogP contribution < -0.4 is 16.0 Å². The number of carbonyl (C=O) groups excluding carboxylic acids is 1. The summed E-state index contributed by atoms with van der Waals surface area (Å²) in [5.74, 6) is -1.02. The second-order valence-electron chi connectivity index (χ2n) is 9.19. The van der Waals surface area contributed by atoms with Crippen molar-refractivity contribution in [2.45, 2.75) is 65.1 Å². The molecule has 0 unspecified atom stereocenters. The van der Waals surface area contributed by atoms with Crippen molar-refractivity contribution in [2.24, 2.45) is 5.92 Å². The van der Waals surface area contributed by atoms with Crippen LogP contribution in [-0.2, 0) is 4.74 Å². The number of pyridine rings is 2. The van der Waals surface area contributed by atoms with Crippen LogP contribution in [0.3, 0.4) is 0 Å². The molecule has 8 nitrogen and oxygen atoms in total. The van der Waals surface area contributed by atoms with Gasteiger partial charge in [0.2, 0.25) is 0 Å². The molecule has 0 bridgehead atoms. The number of ether oxygens (including phenoxy) is 1. The highest BCUT2D eigenvalue weighted by molar-refractivity contribution is 5.68. The molecule has 1 saturated carbocycles. The number of alkyl carbamates (subject to hydrolysis) is 1. The van der Waals surface area contributed by atoms with Gasteiger partial charge in [-0.15, -0.1) is 0 Å². The van der Waals surface area contributed by atoms with E-state index in [4.69, 9.17) is 4.74 Å². The predicted molar refractivity (Wildman–Crippen MR) is 120 cm³/mol. The maximum absolute atomic E-state index is 14.8. The number of aryl methyl sites for hydroxylation is 1. The Morgan fingerprint density at radius 2 is 1.94 bits per heavy atom. The van der Waals surface area contributed by atoms with Crippen molar-refractivity contribution in [1.82, 2.24) is 15.3 Å². The Morgan fingerprint density at radius 3 is 2.52 bits per heavy atom. The maximum atomic E-state index is 14.8. The highest BCUT2D eigenvalue weighted by Crippen LogP contribution is 2.36. The van der Waals surface area contributed by atoms with Gasteiger partial charge in [0, 0.05) is 12.1 Å². The molecule has 2 heterocycles. The fraction of sp³-hybridized carbons (Fsp3) is 0.478. The summed E-state index contributed by atoms with van der Waals surface area (Å²) in [6.07, 6.45) is 2.69. The number of rotatable bonds is 7. The number of anilines is 3. The van der Waals surface area contributed by atoms with E-state index in [-0.39, 0.29) is 46.6 Å². The van der Waals surface area contributed by atoms with Gasteiger partial charge in [-0.1, -0.05) is 0 Å². The van der Waals surface area contributed by atoms with Crippen molar-refractivity contribution in [3.8, 4) is 6.07 Å². The standard InChI is InChI=1S/C23H28F2N6O2/c1-12-17(24)9-16(11-27-12)29-20-15(10-26)8-18(25)21(31-20)30-19(14-6-7-14)13(2)28-22(32)33-23(3,4)5/h8-9,11,13-14,19H,6-7H2,1-5H3,(H,28,32)(H2,29,30,31)/t13-,19-/m0/s1. The molecule has 1 amide bonds. The minimum absolute atomic E-state index is 0.0399. The number of halogens is 2. The van der Waals surface area contributed by atoms with Gasteiger partial charge in [-0.05, 0) is 59.4 Å². The van der Waals surface area contributed by atoms with Crippen LogP contribution in [0.1, 0.15) is 51.8 Å². The van der Waals surface area contributed by atoms with Gasteiger partial charge in [0.05, 0.1) is 29.2 Å². The first-order valence-corrected chi connectivity index (χ1v) is 10.7. The molecule has 0 radical (unpaired) electrons. The zero-order valence-electron chi connectivity index (χ0n) is 19.3. The molecule has 10 heteroatoms. The second-order valence-corrected chi connectivity index (χ2v) is 9.19. The normalized spacial score (nSPS) is 15.2. The third-order valence-electron chi connectivity index (χ3n) is 5.10. The third-order valence-corrected chi connectivity index (χ3v) is 5.10. The first-order valence-electron chi connectivity index (χ1n) is 10.7. The number of aromatic nitrogens is 2. The molecule has 176 valence electrons. The van der Waals surface area contributed by atoms with Crippen molar-refractivity contribution in [3.63, 3.8) is 0 Å². The fourth-order valence-electron chi connectivity index (χ4n) is 3.33. The average molecular weight is 459 g/mol. The predicted octanol–water partition coefficient (Wildman–Crippen LogP) is 4.78. The smallest absolute Gasteiger partial charge is 0.407 e. The van der Waals surface area contributed by atoms with E-state index >= 15 is 0 Å². The Labute approximate surface area is 191 Å². The molecule has 2 aromatic heterocycles. The molecule has 0 saturated heterocycles. The average Bonchev–Trinajstić information content (AvgIpc) is 3.54. The van der Waals surface area contributed by atoms with E-state index in [1.807, 2.05) is 6.07 Å². The van der Waals surface area contributed by atoms with Gasteiger partial charge < -0.3 is 20.7 Å². The molecular weight excluding hydrogens is 430 g/mol. The number of carbonyl (C=O) groups is 1. The molecule has 3 N–H and O–H groups in total. The molecule has 3 rings (SSSR count). The summed E-state index contributed by atoms with van der Waals surface area (Å²) in [7, 11) is 0. The van der Waals surface area contributed by atoms with Gasteiger partial charge in [0.25, 0.3) is 0 Å². The van der Waals surface area contributed by atoms with Crippen LogP contribution >= 0.6 is 0 Å². The highest BCUT2D eigenvalue weighted by atomic mass is 19.1. The Kier molecular flexibility index (Phi) is 7.01. The fourth-order valence-corrected chi connectivity index (χ4v) is 3.33. The Hall–Kier alpha value is -3.48. The van der Waals surface area contributed by atoms with Crippen LogP contribution in [-0.4, -0.2) is 33.7 Å². The quantitative estimate of drug-likeness (QED) is 0.547. The van der Waals surface area contributed by atoms with Gasteiger partial charge in [0.15, 0.2) is 17.5 Å². The summed E-state index contributed by atoms with van der Waals surface area (Å²) in [6, 6.07) is 3.49. The molecule has 2 aromatic rings. The zero-order valence-corrected chi connectivity index (χ0v) is 19.3. The van der Waals surface area contributed by atoms with E-state index in [1.54, 1.807) is 27.7 Å². The lowest BCUT2D eigenvalue weighted by atomic mass is 10.0. The van der Waals surface area contributed by atoms with Crippen LogP contribution in [0.15, 0.2) is 18.3 Å². The first kappa shape index (κ1) is 24.2. The second kappa shape index (κ2) is 9.57. The molecule has 0 aromatic carbocycles. The minimum Gasteiger partial charge on any atom is -0.444 e. The third kappa shape index (κ3) is 6.51. The van der Waals surface area contributed by atoms with Crippen LogP contribution in [0.2, 0.25) is 0 Å². The van der Waals surface area contributed by atoms with E-state index in [9.17, 15) is 18.8 Å². The lowest BCUT2D eigenvalue weighted by Crippen LogP contribution is -2.47. The van der Waals surface area contributed by atoms with Crippen molar-refractivity contribution in [1.29, 1.82) is 5.26 Å². The Morgan fingerprint density at radius 1 is 1.24 bits per heavy atom. The van der Waals surface area contributed by atoms with E-state index < -0.39 is 23.3 Å². The van der Waals surface area contributed by atoms with E-state index in [1.165, 1.54) is 19.2 Å². The summed E-state index contributed by atoms with van der Waals surface area (Å²) in [6.45, 7) is 8.65. The van der Waals surface area contributed by atoms with Crippen LogP contribution in [0.4, 0.5) is 30.9 Å². The van der Waals surface area contributed by atoms with E-state index in [2.05, 4.69) is 25.9 Å². The maximum Gasteiger partial charge on any atom is 0.407 e. The largest absolute Gasteiger partial charge is 0.444 e. The molecule has 1 aliphatic rings. The molecule has 2 atom stereocenters. The van der Waals surface area contributed by atoms with E-state index in [0.29, 0.717) is 0 Å². The monoisotopic (exact) mass is 458 g/mol. The number of hydrogen-bond donors (Lipinski definition) is 3. The van der Waals surface area contributed by atoms with Crippen molar-refractivity contribution in [3.05, 3.63) is 41.2 Å². The molecular formula is C23H28F2N6O2. The summed E-state index contributed by atoms with van der Waals surface area (Å²) in [5.41, 5.74) is -0.174. The van der Waals surface area contributed by atoms with Gasteiger partial charge in [-0.2, -0.15) is 5.26 Å². The van der Waals surface area contributed by atoms with Crippen molar-refractivity contribution in [2.75, 3.05) is 10.6 Å². The SMILES string of the molecule is Cc1ncc(Nc2nc(N[C@H](C3CC3)[C@H](C)NC(=O)OC(C)(C)C)c(F)cc2C#N)cc1F. The summed E-state index contributed by atoms with van der Waals surface area (Å²) in [4.78, 5) is 20.4. The Bertz CT molecular complexity index is 1080.